The smallest absolute Gasteiger partial charge is 0.240 e. The van der Waals surface area contributed by atoms with Crippen LogP contribution in [0.1, 0.15) is 11.1 Å². The molecule has 6 nitrogen and oxygen atoms in total. The zero-order valence-corrected chi connectivity index (χ0v) is 22.8. The van der Waals surface area contributed by atoms with Gasteiger partial charge in [-0.3, -0.25) is 0 Å². The van der Waals surface area contributed by atoms with Crippen LogP contribution in [0.3, 0.4) is 0 Å². The Morgan fingerprint density at radius 3 is 2.17 bits per heavy atom. The number of aryl methyl sites for hydroxylation is 2. The molecule has 0 saturated carbocycles. The molecule has 0 radical (unpaired) electrons. The van der Waals surface area contributed by atoms with Crippen molar-refractivity contribution in [2.75, 3.05) is 36.5 Å². The van der Waals surface area contributed by atoms with Crippen LogP contribution in [0.5, 0.6) is 0 Å². The molecule has 0 fully saturated rings. The number of benzene rings is 5. The van der Waals surface area contributed by atoms with Crippen molar-refractivity contribution in [1.29, 1.82) is 0 Å². The predicted octanol–water partition coefficient (Wildman–Crippen LogP) is 5.97. The van der Waals surface area contributed by atoms with Crippen LogP contribution >= 0.6 is 0 Å². The van der Waals surface area contributed by atoms with Gasteiger partial charge in [0.2, 0.25) is 16.7 Å². The third-order valence-electron chi connectivity index (χ3n) is 7.57. The molecule has 0 atom stereocenters. The first-order valence-electron chi connectivity index (χ1n) is 13.6. The maximum Gasteiger partial charge on any atom is 0.240 e. The van der Waals surface area contributed by atoms with Gasteiger partial charge in [0.1, 0.15) is 11.0 Å². The van der Waals surface area contributed by atoms with Crippen molar-refractivity contribution in [2.24, 2.45) is 0 Å². The van der Waals surface area contributed by atoms with Gasteiger partial charge in [-0.05, 0) is 49.2 Å². The number of nitrogens with zero attached hydrogens (tertiary/aromatic N) is 3. The van der Waals surface area contributed by atoms with Gasteiger partial charge in [-0.25, -0.2) is 4.98 Å². The highest BCUT2D eigenvalue weighted by Crippen LogP contribution is 2.34. The standard InChI is InChI=1S/C34H32N4O2/c1-23-12-13-25(20-24(23)2)35-31-22-33-34(29-11-7-6-10-28(29)31)36-30-15-14-27(37(16-18-39)17-19-40)21-32(30)38(33)26-8-4-3-5-9-26/h3-15,20-22,39-40H,16-19H2,1-2H3/p+1. The number of anilines is 3. The molecule has 0 unspecified atom stereocenters. The summed E-state index contributed by atoms with van der Waals surface area (Å²) in [7, 11) is 0. The summed E-state index contributed by atoms with van der Waals surface area (Å²) in [6, 6.07) is 33.5. The molecular formula is C34H33N4O2+. The van der Waals surface area contributed by atoms with Gasteiger partial charge in [-0.1, -0.05) is 48.5 Å². The molecule has 0 saturated heterocycles. The lowest BCUT2D eigenvalue weighted by Gasteiger charge is -2.22. The Bertz CT molecular complexity index is 1830. The summed E-state index contributed by atoms with van der Waals surface area (Å²) >= 11 is 0. The summed E-state index contributed by atoms with van der Waals surface area (Å²) in [5, 5.41) is 25.2. The van der Waals surface area contributed by atoms with Gasteiger partial charge in [0, 0.05) is 59.5 Å². The monoisotopic (exact) mass is 529 g/mol. The Balaban J connectivity index is 1.67. The fraction of sp³-hybridized carbons (Fsp3) is 0.176. The molecular weight excluding hydrogens is 496 g/mol. The largest absolute Gasteiger partial charge is 0.395 e. The average molecular weight is 530 g/mol. The summed E-state index contributed by atoms with van der Waals surface area (Å²) in [6.07, 6.45) is 0. The second-order valence-electron chi connectivity index (χ2n) is 10.2. The van der Waals surface area contributed by atoms with Gasteiger partial charge in [0.25, 0.3) is 0 Å². The second-order valence-corrected chi connectivity index (χ2v) is 10.2. The third-order valence-corrected chi connectivity index (χ3v) is 7.57. The molecule has 0 spiro atoms. The number of aromatic nitrogens is 2. The van der Waals surface area contributed by atoms with Crippen LogP contribution < -0.4 is 14.8 Å². The van der Waals surface area contributed by atoms with Gasteiger partial charge in [-0.2, -0.15) is 0 Å². The highest BCUT2D eigenvalue weighted by Gasteiger charge is 2.24. The van der Waals surface area contributed by atoms with E-state index in [0.29, 0.717) is 13.1 Å². The van der Waals surface area contributed by atoms with E-state index in [-0.39, 0.29) is 13.2 Å². The number of nitrogens with one attached hydrogen (secondary N) is 1. The molecule has 1 heterocycles. The number of hydrogen-bond acceptors (Lipinski definition) is 5. The van der Waals surface area contributed by atoms with Crippen molar-refractivity contribution in [3.8, 4) is 5.69 Å². The van der Waals surface area contributed by atoms with Gasteiger partial charge in [-0.15, -0.1) is 4.57 Å². The van der Waals surface area contributed by atoms with Crippen molar-refractivity contribution in [3.63, 3.8) is 0 Å². The zero-order chi connectivity index (χ0) is 27.6. The van der Waals surface area contributed by atoms with Gasteiger partial charge >= 0.3 is 0 Å². The summed E-state index contributed by atoms with van der Waals surface area (Å²) in [6.45, 7) is 5.14. The summed E-state index contributed by atoms with van der Waals surface area (Å²) < 4.78 is 2.26. The molecule has 0 aliphatic rings. The minimum absolute atomic E-state index is 0.00615. The van der Waals surface area contributed by atoms with Gasteiger partial charge in [0.05, 0.1) is 18.9 Å². The van der Waals surface area contributed by atoms with Crippen LogP contribution in [-0.2, 0) is 0 Å². The number of aliphatic hydroxyl groups is 2. The number of fused-ring (bicyclic) bond motifs is 4. The fourth-order valence-corrected chi connectivity index (χ4v) is 5.41. The Morgan fingerprint density at radius 2 is 1.45 bits per heavy atom. The van der Waals surface area contributed by atoms with Crippen LogP contribution in [0.25, 0.3) is 38.5 Å². The molecule has 0 amide bonds. The summed E-state index contributed by atoms with van der Waals surface area (Å²) in [5.41, 5.74) is 10.2. The number of hydrogen-bond donors (Lipinski definition) is 3. The topological polar surface area (TPSA) is 72.5 Å². The molecule has 6 rings (SSSR count). The normalized spacial score (nSPS) is 11.4. The van der Waals surface area contributed by atoms with Crippen molar-refractivity contribution >= 4 is 49.9 Å². The quantitative estimate of drug-likeness (QED) is 0.129. The SMILES string of the molecule is Cc1ccc(Nc2cc3c(nc4ccc(N(CCO)CCO)cc4[n+]3-c3ccccc3)c3ccccc23)cc1C. The molecule has 40 heavy (non-hydrogen) atoms. The van der Waals surface area contributed by atoms with Crippen LogP contribution in [0.15, 0.2) is 97.1 Å². The molecule has 3 N–H and O–H groups in total. The van der Waals surface area contributed by atoms with E-state index in [2.05, 4.69) is 90.5 Å². The molecule has 0 aliphatic heterocycles. The van der Waals surface area contributed by atoms with E-state index in [0.717, 1.165) is 55.6 Å². The van der Waals surface area contributed by atoms with E-state index in [9.17, 15) is 10.2 Å². The van der Waals surface area contributed by atoms with Crippen molar-refractivity contribution < 1.29 is 14.8 Å². The average Bonchev–Trinajstić information content (AvgIpc) is 2.98. The Kier molecular flexibility index (Phi) is 7.03. The molecule has 6 heteroatoms. The van der Waals surface area contributed by atoms with E-state index >= 15 is 0 Å². The van der Waals surface area contributed by atoms with E-state index in [1.807, 2.05) is 35.2 Å². The molecule has 0 bridgehead atoms. The maximum atomic E-state index is 9.65. The predicted molar refractivity (Wildman–Crippen MR) is 164 cm³/mol. The van der Waals surface area contributed by atoms with Crippen LogP contribution in [-0.4, -0.2) is 41.5 Å². The highest BCUT2D eigenvalue weighted by molar-refractivity contribution is 6.11. The van der Waals surface area contributed by atoms with Crippen molar-refractivity contribution in [3.05, 3.63) is 108 Å². The zero-order valence-electron chi connectivity index (χ0n) is 22.8. The Labute approximate surface area is 233 Å². The minimum Gasteiger partial charge on any atom is -0.395 e. The van der Waals surface area contributed by atoms with Gasteiger partial charge in [0.15, 0.2) is 0 Å². The first kappa shape index (κ1) is 25.7. The van der Waals surface area contributed by atoms with E-state index < -0.39 is 0 Å². The van der Waals surface area contributed by atoms with Crippen LogP contribution in [0.4, 0.5) is 17.1 Å². The lowest BCUT2D eigenvalue weighted by atomic mass is 10.0. The maximum absolute atomic E-state index is 9.65. The summed E-state index contributed by atoms with van der Waals surface area (Å²) in [5.74, 6) is 0. The number of rotatable bonds is 8. The molecule has 200 valence electrons. The molecule has 1 aromatic heterocycles. The number of para-hydroxylation sites is 1. The van der Waals surface area contributed by atoms with E-state index in [4.69, 9.17) is 4.98 Å². The summed E-state index contributed by atoms with van der Waals surface area (Å²) in [4.78, 5) is 7.18. The second kappa shape index (κ2) is 10.9. The molecule has 0 aliphatic carbocycles. The van der Waals surface area contributed by atoms with Crippen molar-refractivity contribution in [1.82, 2.24) is 4.98 Å². The van der Waals surface area contributed by atoms with Gasteiger partial charge < -0.3 is 20.4 Å². The highest BCUT2D eigenvalue weighted by atomic mass is 16.3. The molecule has 5 aromatic carbocycles. The first-order chi connectivity index (χ1) is 19.6. The lowest BCUT2D eigenvalue weighted by Crippen LogP contribution is -2.34. The van der Waals surface area contributed by atoms with E-state index in [1.165, 1.54) is 11.1 Å². The molecule has 6 aromatic rings. The minimum atomic E-state index is 0.00615. The van der Waals surface area contributed by atoms with Crippen molar-refractivity contribution in [2.45, 2.75) is 13.8 Å². The van der Waals surface area contributed by atoms with E-state index in [1.54, 1.807) is 0 Å². The lowest BCUT2D eigenvalue weighted by molar-refractivity contribution is -0.538. The first-order valence-corrected chi connectivity index (χ1v) is 13.6. The van der Waals surface area contributed by atoms with Crippen LogP contribution in [0, 0.1) is 13.8 Å². The fourth-order valence-electron chi connectivity index (χ4n) is 5.41. The Morgan fingerprint density at radius 1 is 0.725 bits per heavy atom. The third kappa shape index (κ3) is 4.72. The number of aliphatic hydroxyl groups excluding tert-OH is 2. The van der Waals surface area contributed by atoms with Crippen LogP contribution in [0.2, 0.25) is 0 Å². The Hall–Kier alpha value is -4.52.